The number of ether oxygens (including phenoxy) is 2. The maximum atomic E-state index is 14.1. The molecule has 1 aliphatic rings. The van der Waals surface area contributed by atoms with Crippen LogP contribution in [0.4, 0.5) is 8.78 Å². The van der Waals surface area contributed by atoms with Crippen LogP contribution in [0, 0.1) is 18.6 Å². The second-order valence-corrected chi connectivity index (χ2v) is 8.73. The quantitative estimate of drug-likeness (QED) is 0.513. The van der Waals surface area contributed by atoms with Crippen LogP contribution in [0.25, 0.3) is 0 Å². The highest BCUT2D eigenvalue weighted by Gasteiger charge is 2.44. The molecule has 3 aromatic rings. The van der Waals surface area contributed by atoms with Crippen LogP contribution in [0.5, 0.6) is 0 Å². The van der Waals surface area contributed by atoms with E-state index < -0.39 is 33.6 Å². The Balaban J connectivity index is 0.000000235. The van der Waals surface area contributed by atoms with Gasteiger partial charge in [0.25, 0.3) is 10.1 Å². The van der Waals surface area contributed by atoms with Gasteiger partial charge in [0.05, 0.1) is 18.1 Å². The third-order valence-corrected chi connectivity index (χ3v) is 5.73. The van der Waals surface area contributed by atoms with Crippen molar-refractivity contribution in [2.24, 2.45) is 0 Å². The summed E-state index contributed by atoms with van der Waals surface area (Å²) in [4.78, 5) is 3.76. The molecule has 0 bridgehead atoms. The Morgan fingerprint density at radius 3 is 2.48 bits per heavy atom. The van der Waals surface area contributed by atoms with Gasteiger partial charge in [-0.1, -0.05) is 17.7 Å². The van der Waals surface area contributed by atoms with Gasteiger partial charge in [-0.15, -0.1) is 0 Å². The Hall–Kier alpha value is -2.77. The Bertz CT molecular complexity index is 1160. The molecule has 1 aromatic heterocycles. The number of halogens is 2. The fourth-order valence-electron chi connectivity index (χ4n) is 3.18. The Morgan fingerprint density at radius 1 is 1.21 bits per heavy atom. The Kier molecular flexibility index (Phi) is 7.87. The predicted molar refractivity (Wildman–Crippen MR) is 112 cm³/mol. The van der Waals surface area contributed by atoms with E-state index in [0.29, 0.717) is 6.54 Å². The third-order valence-electron chi connectivity index (χ3n) is 4.86. The summed E-state index contributed by atoms with van der Waals surface area (Å²) in [7, 11) is -4.02. The van der Waals surface area contributed by atoms with Gasteiger partial charge in [0.1, 0.15) is 30.4 Å². The van der Waals surface area contributed by atoms with Crippen molar-refractivity contribution in [3.8, 4) is 0 Å². The van der Waals surface area contributed by atoms with Crippen molar-refractivity contribution in [1.82, 2.24) is 14.8 Å². The van der Waals surface area contributed by atoms with Crippen molar-refractivity contribution in [2.75, 3.05) is 13.2 Å². The fraction of sp³-hybridized carbons (Fsp3) is 0.333. The van der Waals surface area contributed by atoms with Crippen LogP contribution in [-0.2, 0) is 31.9 Å². The summed E-state index contributed by atoms with van der Waals surface area (Å²) in [5, 5.41) is 13.2. The normalized spacial score (nSPS) is 20.3. The lowest BCUT2D eigenvalue weighted by atomic mass is 10.0. The second-order valence-electron chi connectivity index (χ2n) is 7.31. The maximum Gasteiger partial charge on any atom is 0.294 e. The van der Waals surface area contributed by atoms with E-state index in [1.807, 2.05) is 6.92 Å². The van der Waals surface area contributed by atoms with Crippen molar-refractivity contribution >= 4 is 10.1 Å². The van der Waals surface area contributed by atoms with Crippen LogP contribution in [0.15, 0.2) is 60.0 Å². The molecule has 0 radical (unpaired) electrons. The molecular formula is C21H23F2N3O6S. The minimum Gasteiger partial charge on any atom is -0.394 e. The molecule has 2 heterocycles. The van der Waals surface area contributed by atoms with Gasteiger partial charge >= 0.3 is 0 Å². The van der Waals surface area contributed by atoms with Crippen LogP contribution in [0.3, 0.4) is 0 Å². The molecule has 2 N–H and O–H groups in total. The lowest BCUT2D eigenvalue weighted by Gasteiger charge is -2.28. The molecule has 33 heavy (non-hydrogen) atoms. The van der Waals surface area contributed by atoms with Gasteiger partial charge in [-0.05, 0) is 31.2 Å². The number of aliphatic hydroxyl groups is 1. The molecular weight excluding hydrogens is 460 g/mol. The highest BCUT2D eigenvalue weighted by Crippen LogP contribution is 2.39. The SMILES string of the molecule is Cc1ccc(S(=O)(=O)O)cc1.OC[C@H]1CO[C@@](CCn2cncn2)(c2ccc(F)cc2F)O1. The zero-order chi connectivity index (χ0) is 24.1. The highest BCUT2D eigenvalue weighted by molar-refractivity contribution is 7.85. The van der Waals surface area contributed by atoms with Crippen LogP contribution in [0.2, 0.25) is 0 Å². The topological polar surface area (TPSA) is 124 Å². The molecule has 0 aliphatic carbocycles. The first kappa shape index (κ1) is 24.9. The zero-order valence-corrected chi connectivity index (χ0v) is 18.5. The molecule has 0 unspecified atom stereocenters. The Labute approximate surface area is 189 Å². The van der Waals surface area contributed by atoms with E-state index in [-0.39, 0.29) is 30.1 Å². The second kappa shape index (κ2) is 10.4. The monoisotopic (exact) mass is 483 g/mol. The van der Waals surface area contributed by atoms with Gasteiger partial charge in [-0.25, -0.2) is 13.8 Å². The number of aromatic nitrogens is 3. The lowest BCUT2D eigenvalue weighted by Crippen LogP contribution is -2.31. The van der Waals surface area contributed by atoms with Gasteiger partial charge in [-0.3, -0.25) is 9.23 Å². The van der Waals surface area contributed by atoms with Gasteiger partial charge in [0.2, 0.25) is 0 Å². The van der Waals surface area contributed by atoms with Crippen molar-refractivity contribution in [3.63, 3.8) is 0 Å². The average molecular weight is 483 g/mol. The molecule has 1 fully saturated rings. The largest absolute Gasteiger partial charge is 0.394 e. The molecule has 12 heteroatoms. The predicted octanol–water partition coefficient (Wildman–Crippen LogP) is 2.45. The molecule has 4 rings (SSSR count). The van der Waals surface area contributed by atoms with E-state index in [0.717, 1.165) is 17.7 Å². The molecule has 9 nitrogen and oxygen atoms in total. The van der Waals surface area contributed by atoms with Gasteiger partial charge in [0.15, 0.2) is 5.79 Å². The first-order chi connectivity index (χ1) is 15.6. The number of nitrogens with zero attached hydrogens (tertiary/aromatic N) is 3. The summed E-state index contributed by atoms with van der Waals surface area (Å²) in [6, 6.07) is 9.22. The van der Waals surface area contributed by atoms with Crippen LogP contribution >= 0.6 is 0 Å². The molecule has 1 saturated heterocycles. The maximum absolute atomic E-state index is 14.1. The van der Waals surface area contributed by atoms with Crippen LogP contribution in [-0.4, -0.2) is 52.2 Å². The molecule has 1 aliphatic heterocycles. The average Bonchev–Trinajstić information content (AvgIpc) is 3.43. The van der Waals surface area contributed by atoms with E-state index in [2.05, 4.69) is 10.1 Å². The number of hydrogen-bond acceptors (Lipinski definition) is 7. The van der Waals surface area contributed by atoms with E-state index in [1.54, 1.807) is 16.8 Å². The fourth-order valence-corrected chi connectivity index (χ4v) is 3.66. The van der Waals surface area contributed by atoms with Crippen LogP contribution < -0.4 is 0 Å². The van der Waals surface area contributed by atoms with E-state index >= 15 is 0 Å². The zero-order valence-electron chi connectivity index (χ0n) is 17.6. The summed E-state index contributed by atoms with van der Waals surface area (Å²) in [5.41, 5.74) is 1.06. The van der Waals surface area contributed by atoms with E-state index in [1.165, 1.54) is 30.9 Å². The summed E-state index contributed by atoms with van der Waals surface area (Å²) in [5.74, 6) is -2.81. The van der Waals surface area contributed by atoms with E-state index in [4.69, 9.17) is 14.0 Å². The van der Waals surface area contributed by atoms with Gasteiger partial charge in [0, 0.05) is 24.6 Å². The van der Waals surface area contributed by atoms with Crippen molar-refractivity contribution in [1.29, 1.82) is 0 Å². The summed E-state index contributed by atoms with van der Waals surface area (Å²) >= 11 is 0. The molecule has 2 atom stereocenters. The smallest absolute Gasteiger partial charge is 0.294 e. The summed E-state index contributed by atoms with van der Waals surface area (Å²) < 4.78 is 69.7. The number of aliphatic hydroxyl groups excluding tert-OH is 1. The van der Waals surface area contributed by atoms with Crippen molar-refractivity contribution in [3.05, 3.63) is 77.9 Å². The summed E-state index contributed by atoms with van der Waals surface area (Å²) in [6.45, 7) is 2.10. The molecule has 0 spiro atoms. The Morgan fingerprint density at radius 2 is 1.94 bits per heavy atom. The van der Waals surface area contributed by atoms with Crippen molar-refractivity contribution < 1.29 is 36.3 Å². The first-order valence-electron chi connectivity index (χ1n) is 9.88. The first-order valence-corrected chi connectivity index (χ1v) is 11.3. The summed E-state index contributed by atoms with van der Waals surface area (Å²) in [6.07, 6.45) is 2.60. The number of rotatable bonds is 6. The minimum absolute atomic E-state index is 0.0666. The molecule has 0 saturated carbocycles. The van der Waals surface area contributed by atoms with Crippen LogP contribution in [0.1, 0.15) is 17.5 Å². The number of benzene rings is 2. The van der Waals surface area contributed by atoms with E-state index in [9.17, 15) is 22.3 Å². The highest BCUT2D eigenvalue weighted by atomic mass is 32.2. The molecule has 178 valence electrons. The number of hydrogen-bond donors (Lipinski definition) is 2. The van der Waals surface area contributed by atoms with Crippen molar-refractivity contribution in [2.45, 2.75) is 36.7 Å². The lowest BCUT2D eigenvalue weighted by molar-refractivity contribution is -0.188. The number of aryl methyl sites for hydroxylation is 2. The third kappa shape index (κ3) is 6.39. The standard InChI is InChI=1S/C14H15F2N3O3.C7H8O3S/c15-10-1-2-12(13(16)5-10)14(21-7-11(6-20)22-14)3-4-19-9-17-8-18-19;1-6-2-4-7(5-3-6)11(8,9)10/h1-2,5,8-9,11,20H,3-4,6-7H2;2-5H,1H3,(H,8,9,10)/t11-,14+;/m0./s1. The molecule has 0 amide bonds. The van der Waals surface area contributed by atoms with Gasteiger partial charge < -0.3 is 14.6 Å². The van der Waals surface area contributed by atoms with Gasteiger partial charge in [-0.2, -0.15) is 13.5 Å². The minimum atomic E-state index is -4.02. The molecule has 2 aromatic carbocycles.